The first-order chi connectivity index (χ1) is 12.3. The quantitative estimate of drug-likeness (QED) is 0.275. The maximum absolute atomic E-state index is 4.73. The van der Waals surface area contributed by atoms with Crippen LogP contribution >= 0.6 is 35.3 Å². The Morgan fingerprint density at radius 3 is 2.44 bits per heavy atom. The molecule has 0 radical (unpaired) electrons. The summed E-state index contributed by atoms with van der Waals surface area (Å²) in [7, 11) is 0. The molecule has 0 aliphatic heterocycles. The predicted molar refractivity (Wildman–Crippen MR) is 131 cm³/mol. The van der Waals surface area contributed by atoms with Gasteiger partial charge in [-0.25, -0.2) is 9.98 Å². The molecule has 0 amide bonds. The molecule has 1 rings (SSSR count). The van der Waals surface area contributed by atoms with Gasteiger partial charge in [-0.05, 0) is 46.3 Å². The van der Waals surface area contributed by atoms with Crippen LogP contribution in [0.1, 0.15) is 72.0 Å². The lowest BCUT2D eigenvalue weighted by molar-refractivity contribution is 0.292. The first kappa shape index (κ1) is 26.6. The van der Waals surface area contributed by atoms with Gasteiger partial charge in [-0.2, -0.15) is 0 Å². The van der Waals surface area contributed by atoms with Crippen LogP contribution in [0.3, 0.4) is 0 Å². The van der Waals surface area contributed by atoms with Gasteiger partial charge in [-0.3, -0.25) is 0 Å². The highest BCUT2D eigenvalue weighted by Crippen LogP contribution is 2.24. The highest BCUT2D eigenvalue weighted by Gasteiger charge is 2.17. The van der Waals surface area contributed by atoms with E-state index in [-0.39, 0.29) is 29.4 Å². The number of nitrogens with one attached hydrogen (secondary N) is 2. The fourth-order valence-electron chi connectivity index (χ4n) is 2.66. The second-order valence-corrected chi connectivity index (χ2v) is 8.73. The molecule has 0 saturated carbocycles. The third kappa shape index (κ3) is 10.6. The number of thiazole rings is 1. The maximum Gasteiger partial charge on any atom is 0.191 e. The minimum atomic E-state index is 0. The second kappa shape index (κ2) is 13.7. The molecule has 0 aliphatic carbocycles. The van der Waals surface area contributed by atoms with Crippen molar-refractivity contribution in [3.63, 3.8) is 0 Å². The lowest BCUT2D eigenvalue weighted by atomic mass is 9.93. The third-order valence-corrected chi connectivity index (χ3v) is 5.26. The number of nitrogens with zero attached hydrogens (tertiary/aromatic N) is 3. The molecule has 0 aliphatic rings. The van der Waals surface area contributed by atoms with Crippen molar-refractivity contribution in [1.29, 1.82) is 0 Å². The van der Waals surface area contributed by atoms with E-state index in [4.69, 9.17) is 9.98 Å². The first-order valence-corrected chi connectivity index (χ1v) is 10.9. The SMILES string of the molecule is CCNC(=NCc1nc(C(C)(C)C)cs1)NC(C)CCCN(CC)CC.I. The molecule has 158 valence electrons. The molecule has 0 bridgehead atoms. The molecule has 0 aromatic carbocycles. The number of halogens is 1. The number of guanidine groups is 1. The van der Waals surface area contributed by atoms with Crippen molar-refractivity contribution in [3.05, 3.63) is 16.1 Å². The molecule has 1 unspecified atom stereocenters. The Morgan fingerprint density at radius 2 is 1.93 bits per heavy atom. The molecule has 0 spiro atoms. The van der Waals surface area contributed by atoms with Crippen LogP contribution in [-0.4, -0.2) is 48.1 Å². The Balaban J connectivity index is 0.00000676. The molecule has 7 heteroatoms. The Hall–Kier alpha value is -0.410. The van der Waals surface area contributed by atoms with Crippen LogP contribution in [0, 0.1) is 0 Å². The fourth-order valence-corrected chi connectivity index (χ4v) is 3.61. The highest BCUT2D eigenvalue weighted by molar-refractivity contribution is 14.0. The summed E-state index contributed by atoms with van der Waals surface area (Å²) in [6, 6.07) is 0.407. The summed E-state index contributed by atoms with van der Waals surface area (Å²) in [5.41, 5.74) is 1.25. The summed E-state index contributed by atoms with van der Waals surface area (Å²) < 4.78 is 0. The zero-order valence-corrected chi connectivity index (χ0v) is 21.4. The number of aromatic nitrogens is 1. The molecule has 1 atom stereocenters. The Kier molecular flexibility index (Phi) is 13.5. The van der Waals surface area contributed by atoms with E-state index >= 15 is 0 Å². The van der Waals surface area contributed by atoms with Gasteiger partial charge >= 0.3 is 0 Å². The molecular formula is C20H40IN5S. The Morgan fingerprint density at radius 1 is 1.26 bits per heavy atom. The van der Waals surface area contributed by atoms with E-state index in [9.17, 15) is 0 Å². The van der Waals surface area contributed by atoms with Crippen molar-refractivity contribution >= 4 is 41.3 Å². The van der Waals surface area contributed by atoms with Crippen LogP contribution in [0.5, 0.6) is 0 Å². The van der Waals surface area contributed by atoms with E-state index < -0.39 is 0 Å². The van der Waals surface area contributed by atoms with Crippen molar-refractivity contribution in [2.24, 2.45) is 4.99 Å². The maximum atomic E-state index is 4.73. The van der Waals surface area contributed by atoms with Gasteiger partial charge in [-0.1, -0.05) is 34.6 Å². The van der Waals surface area contributed by atoms with E-state index in [0.29, 0.717) is 12.6 Å². The normalized spacial score (nSPS) is 13.4. The molecule has 0 fully saturated rings. The fraction of sp³-hybridized carbons (Fsp3) is 0.800. The molecule has 1 aromatic rings. The summed E-state index contributed by atoms with van der Waals surface area (Å²) in [6.45, 7) is 20.3. The molecule has 1 aromatic heterocycles. The molecular weight excluding hydrogens is 469 g/mol. The Labute approximate surface area is 187 Å². The van der Waals surface area contributed by atoms with E-state index in [2.05, 4.69) is 69.4 Å². The van der Waals surface area contributed by atoms with Gasteiger partial charge in [0.1, 0.15) is 5.01 Å². The zero-order chi connectivity index (χ0) is 19.6. The van der Waals surface area contributed by atoms with Crippen LogP contribution in [0.15, 0.2) is 10.4 Å². The summed E-state index contributed by atoms with van der Waals surface area (Å²) in [5.74, 6) is 0.885. The topological polar surface area (TPSA) is 52.6 Å². The van der Waals surface area contributed by atoms with Gasteiger partial charge in [0, 0.05) is 23.4 Å². The minimum absolute atomic E-state index is 0. The van der Waals surface area contributed by atoms with Crippen molar-refractivity contribution in [1.82, 2.24) is 20.5 Å². The molecule has 27 heavy (non-hydrogen) atoms. The molecule has 0 saturated heterocycles. The average molecular weight is 510 g/mol. The molecule has 2 N–H and O–H groups in total. The van der Waals surface area contributed by atoms with Crippen LogP contribution in [0.2, 0.25) is 0 Å². The lowest BCUT2D eigenvalue weighted by Crippen LogP contribution is -2.42. The summed E-state index contributed by atoms with van der Waals surface area (Å²) in [6.07, 6.45) is 2.35. The molecule has 1 heterocycles. The first-order valence-electron chi connectivity index (χ1n) is 10.0. The lowest BCUT2D eigenvalue weighted by Gasteiger charge is -2.21. The largest absolute Gasteiger partial charge is 0.357 e. The predicted octanol–water partition coefficient (Wildman–Crippen LogP) is 4.62. The third-order valence-electron chi connectivity index (χ3n) is 4.43. The minimum Gasteiger partial charge on any atom is -0.357 e. The van der Waals surface area contributed by atoms with Crippen molar-refractivity contribution < 1.29 is 0 Å². The van der Waals surface area contributed by atoms with Crippen LogP contribution in [-0.2, 0) is 12.0 Å². The van der Waals surface area contributed by atoms with Crippen molar-refractivity contribution in [3.8, 4) is 0 Å². The van der Waals surface area contributed by atoms with Crippen LogP contribution in [0.4, 0.5) is 0 Å². The number of rotatable bonds is 10. The van der Waals surface area contributed by atoms with E-state index in [0.717, 1.165) is 42.7 Å². The monoisotopic (exact) mass is 509 g/mol. The summed E-state index contributed by atoms with van der Waals surface area (Å²) in [4.78, 5) is 11.9. The summed E-state index contributed by atoms with van der Waals surface area (Å²) >= 11 is 1.70. The van der Waals surface area contributed by atoms with Crippen LogP contribution in [0.25, 0.3) is 0 Å². The standard InChI is InChI=1S/C20H39N5S.HI/c1-8-21-19(23-16(4)12-11-13-25(9-2)10-3)22-14-18-24-17(15-26-18)20(5,6)7;/h15-16H,8-14H2,1-7H3,(H2,21,22,23);1H. The Bertz CT molecular complexity index is 535. The van der Waals surface area contributed by atoms with E-state index in [1.54, 1.807) is 11.3 Å². The average Bonchev–Trinajstić information content (AvgIpc) is 3.06. The van der Waals surface area contributed by atoms with Gasteiger partial charge < -0.3 is 15.5 Å². The zero-order valence-electron chi connectivity index (χ0n) is 18.3. The van der Waals surface area contributed by atoms with Gasteiger partial charge in [0.15, 0.2) is 5.96 Å². The van der Waals surface area contributed by atoms with Crippen LogP contribution < -0.4 is 10.6 Å². The van der Waals surface area contributed by atoms with Gasteiger partial charge in [-0.15, -0.1) is 35.3 Å². The highest BCUT2D eigenvalue weighted by atomic mass is 127. The van der Waals surface area contributed by atoms with E-state index in [1.165, 1.54) is 13.0 Å². The van der Waals surface area contributed by atoms with Gasteiger partial charge in [0.25, 0.3) is 0 Å². The van der Waals surface area contributed by atoms with E-state index in [1.807, 2.05) is 0 Å². The number of hydrogen-bond acceptors (Lipinski definition) is 4. The second-order valence-electron chi connectivity index (χ2n) is 7.79. The van der Waals surface area contributed by atoms with Crippen molar-refractivity contribution in [2.45, 2.75) is 79.3 Å². The number of hydrogen-bond donors (Lipinski definition) is 2. The van der Waals surface area contributed by atoms with Crippen molar-refractivity contribution in [2.75, 3.05) is 26.2 Å². The summed E-state index contributed by atoms with van der Waals surface area (Å²) in [5, 5.41) is 10.1. The van der Waals surface area contributed by atoms with Gasteiger partial charge in [0.2, 0.25) is 0 Å². The smallest absolute Gasteiger partial charge is 0.191 e. The molecule has 5 nitrogen and oxygen atoms in total. The number of aliphatic imine (C=N–C) groups is 1. The van der Waals surface area contributed by atoms with Gasteiger partial charge in [0.05, 0.1) is 12.2 Å².